The lowest BCUT2D eigenvalue weighted by molar-refractivity contribution is -0.132. The lowest BCUT2D eigenvalue weighted by Crippen LogP contribution is -2.54. The van der Waals surface area contributed by atoms with Crippen LogP contribution in [0, 0.1) is 0 Å². The molecule has 0 radical (unpaired) electrons. The van der Waals surface area contributed by atoms with Crippen LogP contribution in [0.3, 0.4) is 0 Å². The van der Waals surface area contributed by atoms with Gasteiger partial charge in [-0.1, -0.05) is 69.4 Å². The molecular weight excluding hydrogens is 406 g/mol. The zero-order chi connectivity index (χ0) is 21.9. The normalized spacial score (nSPS) is 20.2. The van der Waals surface area contributed by atoms with Crippen molar-refractivity contribution in [3.63, 3.8) is 0 Å². The number of nitrogens with one attached hydrogen (secondary N) is 2. The third kappa shape index (κ3) is 7.53. The predicted molar refractivity (Wildman–Crippen MR) is 129 cm³/mol. The molecule has 0 aromatic heterocycles. The number of likely N-dealkylation sites (tertiary alicyclic amines) is 1. The maximum absolute atomic E-state index is 12.6. The zero-order valence-corrected chi connectivity index (χ0v) is 19.9. The first-order chi connectivity index (χ1) is 15.1. The Morgan fingerprint density at radius 1 is 1.10 bits per heavy atom. The quantitative estimate of drug-likeness (QED) is 0.503. The van der Waals surface area contributed by atoms with Crippen molar-refractivity contribution in [1.29, 1.82) is 0 Å². The minimum absolute atomic E-state index is 0.0433. The van der Waals surface area contributed by atoms with E-state index in [0.717, 1.165) is 44.5 Å². The number of nitrogens with zero attached hydrogens (tertiary/aromatic N) is 1. The minimum atomic E-state index is -0.133. The van der Waals surface area contributed by atoms with Gasteiger partial charge >= 0.3 is 0 Å². The summed E-state index contributed by atoms with van der Waals surface area (Å²) in [7, 11) is 0. The van der Waals surface area contributed by atoms with Crippen LogP contribution in [0.25, 0.3) is 0 Å². The maximum Gasteiger partial charge on any atom is 0.238 e. The number of piperidine rings is 1. The molecule has 3 rings (SSSR count). The van der Waals surface area contributed by atoms with Crippen LogP contribution in [0.15, 0.2) is 30.3 Å². The number of benzene rings is 1. The molecule has 2 N–H and O–H groups in total. The molecule has 5 nitrogen and oxygen atoms in total. The van der Waals surface area contributed by atoms with Crippen molar-refractivity contribution in [2.45, 2.75) is 82.0 Å². The highest BCUT2D eigenvalue weighted by Crippen LogP contribution is 2.39. The number of thioether (sulfide) groups is 1. The molecule has 0 saturated carbocycles. The van der Waals surface area contributed by atoms with E-state index in [1.807, 2.05) is 34.9 Å². The summed E-state index contributed by atoms with van der Waals surface area (Å²) < 4.78 is 0. The van der Waals surface area contributed by atoms with Crippen LogP contribution >= 0.6 is 11.8 Å². The number of carbonyl (C=O) groups excluding carboxylic acids is 2. The van der Waals surface area contributed by atoms with Gasteiger partial charge in [0.1, 0.15) is 0 Å². The fourth-order valence-corrected chi connectivity index (χ4v) is 5.92. The standard InChI is InChI=1S/C25H39N3O2S/c1-2-3-4-5-6-10-13-23(29)28-18-15-25(16-19-28)27-22(20-31-25)24(30)26-17-14-21-11-8-7-9-12-21/h7-9,11-12,22,27H,2-6,10,13-20H2,1H3,(H,26,30). The fraction of sp³-hybridized carbons (Fsp3) is 0.680. The second-order valence-corrected chi connectivity index (χ2v) is 10.3. The summed E-state index contributed by atoms with van der Waals surface area (Å²) in [6.07, 6.45) is 10.7. The van der Waals surface area contributed by atoms with Crippen molar-refractivity contribution in [2.75, 3.05) is 25.4 Å². The van der Waals surface area contributed by atoms with Crippen LogP contribution in [-0.2, 0) is 16.0 Å². The van der Waals surface area contributed by atoms with Gasteiger partial charge < -0.3 is 10.2 Å². The summed E-state index contributed by atoms with van der Waals surface area (Å²) in [6.45, 7) is 4.50. The van der Waals surface area contributed by atoms with E-state index in [4.69, 9.17) is 0 Å². The van der Waals surface area contributed by atoms with E-state index in [1.165, 1.54) is 37.7 Å². The van der Waals surface area contributed by atoms with E-state index in [0.29, 0.717) is 18.9 Å². The Labute approximate surface area is 192 Å². The number of unbranched alkanes of at least 4 members (excludes halogenated alkanes) is 5. The van der Waals surface area contributed by atoms with Gasteiger partial charge in [-0.25, -0.2) is 0 Å². The van der Waals surface area contributed by atoms with Gasteiger partial charge in [0.05, 0.1) is 10.9 Å². The number of amides is 2. The highest BCUT2D eigenvalue weighted by Gasteiger charge is 2.44. The molecule has 1 aromatic rings. The summed E-state index contributed by atoms with van der Waals surface area (Å²) in [5.41, 5.74) is 1.24. The van der Waals surface area contributed by atoms with Gasteiger partial charge in [0, 0.05) is 31.8 Å². The lowest BCUT2D eigenvalue weighted by Gasteiger charge is -2.39. The highest BCUT2D eigenvalue weighted by molar-refractivity contribution is 8.01. The van der Waals surface area contributed by atoms with Gasteiger partial charge in [0.15, 0.2) is 0 Å². The van der Waals surface area contributed by atoms with E-state index < -0.39 is 0 Å². The second-order valence-electron chi connectivity index (χ2n) is 8.93. The van der Waals surface area contributed by atoms with Crippen molar-refractivity contribution in [3.05, 3.63) is 35.9 Å². The van der Waals surface area contributed by atoms with Crippen molar-refractivity contribution in [2.24, 2.45) is 0 Å². The largest absolute Gasteiger partial charge is 0.354 e. The van der Waals surface area contributed by atoms with E-state index >= 15 is 0 Å². The second kappa shape index (κ2) is 12.5. The molecule has 0 aliphatic carbocycles. The summed E-state index contributed by atoms with van der Waals surface area (Å²) in [6, 6.07) is 10.1. The van der Waals surface area contributed by atoms with Gasteiger partial charge in [-0.2, -0.15) is 0 Å². The molecule has 1 atom stereocenters. The summed E-state index contributed by atoms with van der Waals surface area (Å²) in [5.74, 6) is 1.22. The van der Waals surface area contributed by atoms with Gasteiger partial charge in [-0.3, -0.25) is 14.9 Å². The van der Waals surface area contributed by atoms with E-state index in [2.05, 4.69) is 29.7 Å². The summed E-state index contributed by atoms with van der Waals surface area (Å²) in [4.78, 5) is 27.1. The number of hydrogen-bond donors (Lipinski definition) is 2. The lowest BCUT2D eigenvalue weighted by atomic mass is 10.0. The van der Waals surface area contributed by atoms with Crippen LogP contribution in [0.2, 0.25) is 0 Å². The van der Waals surface area contributed by atoms with Gasteiger partial charge in [0.2, 0.25) is 11.8 Å². The van der Waals surface area contributed by atoms with Crippen LogP contribution in [-0.4, -0.2) is 53.0 Å². The SMILES string of the molecule is CCCCCCCCC(=O)N1CCC2(CC1)NC(C(=O)NCCc1ccccc1)CS2. The van der Waals surface area contributed by atoms with Crippen LogP contribution in [0.4, 0.5) is 0 Å². The molecule has 2 aliphatic heterocycles. The molecule has 2 saturated heterocycles. The third-order valence-electron chi connectivity index (χ3n) is 6.50. The third-order valence-corrected chi connectivity index (χ3v) is 8.08. The molecule has 2 heterocycles. The summed E-state index contributed by atoms with van der Waals surface area (Å²) >= 11 is 1.86. The smallest absolute Gasteiger partial charge is 0.238 e. The van der Waals surface area contributed by atoms with Crippen LogP contribution in [0.5, 0.6) is 0 Å². The Morgan fingerprint density at radius 3 is 2.55 bits per heavy atom. The monoisotopic (exact) mass is 445 g/mol. The van der Waals surface area contributed by atoms with Gasteiger partial charge in [-0.15, -0.1) is 11.8 Å². The molecule has 1 spiro atoms. The van der Waals surface area contributed by atoms with Gasteiger partial charge in [0.25, 0.3) is 0 Å². The van der Waals surface area contributed by atoms with Gasteiger partial charge in [-0.05, 0) is 31.2 Å². The number of hydrogen-bond acceptors (Lipinski definition) is 4. The Hall–Kier alpha value is -1.53. The van der Waals surface area contributed by atoms with Crippen molar-refractivity contribution < 1.29 is 9.59 Å². The molecule has 2 aliphatic rings. The Morgan fingerprint density at radius 2 is 1.81 bits per heavy atom. The van der Waals surface area contributed by atoms with E-state index in [9.17, 15) is 9.59 Å². The number of rotatable bonds is 11. The maximum atomic E-state index is 12.6. The molecule has 172 valence electrons. The van der Waals surface area contributed by atoms with Crippen LogP contribution < -0.4 is 10.6 Å². The van der Waals surface area contributed by atoms with Crippen molar-refractivity contribution in [1.82, 2.24) is 15.5 Å². The molecule has 2 amide bonds. The molecule has 2 fully saturated rings. The minimum Gasteiger partial charge on any atom is -0.354 e. The molecule has 31 heavy (non-hydrogen) atoms. The first kappa shape index (κ1) is 24.1. The fourth-order valence-electron chi connectivity index (χ4n) is 4.50. The van der Waals surface area contributed by atoms with Crippen LogP contribution in [0.1, 0.15) is 70.3 Å². The van der Waals surface area contributed by atoms with Crippen molar-refractivity contribution in [3.8, 4) is 0 Å². The molecule has 0 bridgehead atoms. The molecule has 1 unspecified atom stereocenters. The van der Waals surface area contributed by atoms with E-state index in [-0.39, 0.29) is 16.8 Å². The predicted octanol–water partition coefficient (Wildman–Crippen LogP) is 4.12. The van der Waals surface area contributed by atoms with E-state index in [1.54, 1.807) is 0 Å². The average molecular weight is 446 g/mol. The van der Waals surface area contributed by atoms with Crippen molar-refractivity contribution >= 4 is 23.6 Å². The number of carbonyl (C=O) groups is 2. The molecular formula is C25H39N3O2S. The molecule has 6 heteroatoms. The first-order valence-electron chi connectivity index (χ1n) is 12.1. The summed E-state index contributed by atoms with van der Waals surface area (Å²) in [5, 5.41) is 6.68. The average Bonchev–Trinajstić information content (AvgIpc) is 3.21. The first-order valence-corrected chi connectivity index (χ1v) is 13.1. The Bertz CT molecular complexity index is 689. The topological polar surface area (TPSA) is 61.4 Å². The molecule has 1 aromatic carbocycles. The Balaban J connectivity index is 1.32. The Kier molecular flexibility index (Phi) is 9.72. The highest BCUT2D eigenvalue weighted by atomic mass is 32.2. The zero-order valence-electron chi connectivity index (χ0n) is 19.0.